The molecular weight excluding hydrogens is 334 g/mol. The van der Waals surface area contributed by atoms with Gasteiger partial charge in [-0.1, -0.05) is 24.3 Å². The van der Waals surface area contributed by atoms with Crippen molar-refractivity contribution in [2.24, 2.45) is 0 Å². The van der Waals surface area contributed by atoms with E-state index in [4.69, 9.17) is 10.00 Å². The molecule has 26 heavy (non-hydrogen) atoms. The number of benzene rings is 1. The van der Waals surface area contributed by atoms with Crippen molar-refractivity contribution < 1.29 is 9.66 Å². The lowest BCUT2D eigenvalue weighted by Crippen LogP contribution is -2.35. The first-order valence-corrected chi connectivity index (χ1v) is 8.33. The molecule has 134 valence electrons. The van der Waals surface area contributed by atoms with Gasteiger partial charge in [0, 0.05) is 32.2 Å². The summed E-state index contributed by atoms with van der Waals surface area (Å²) in [5.41, 5.74) is 1.86. The number of nitro groups is 1. The topological polar surface area (TPSA) is 104 Å². The normalized spacial score (nSPS) is 14.6. The van der Waals surface area contributed by atoms with Crippen molar-refractivity contribution in [3.05, 3.63) is 63.3 Å². The van der Waals surface area contributed by atoms with Crippen LogP contribution < -0.4 is 5.32 Å². The zero-order valence-electron chi connectivity index (χ0n) is 14.2. The van der Waals surface area contributed by atoms with E-state index in [-0.39, 0.29) is 11.4 Å². The summed E-state index contributed by atoms with van der Waals surface area (Å²) in [7, 11) is 0. The van der Waals surface area contributed by atoms with Crippen LogP contribution in [0.15, 0.2) is 36.4 Å². The molecule has 0 radical (unpaired) electrons. The lowest BCUT2D eigenvalue weighted by molar-refractivity contribution is -0.385. The molecule has 1 fully saturated rings. The van der Waals surface area contributed by atoms with Gasteiger partial charge < -0.3 is 10.1 Å². The van der Waals surface area contributed by atoms with Crippen LogP contribution >= 0.6 is 0 Å². The summed E-state index contributed by atoms with van der Waals surface area (Å²) in [6, 6.07) is 12.7. The predicted octanol–water partition coefficient (Wildman–Crippen LogP) is 2.31. The van der Waals surface area contributed by atoms with Crippen molar-refractivity contribution in [1.29, 1.82) is 5.26 Å². The maximum Gasteiger partial charge on any atom is 0.305 e. The highest BCUT2D eigenvalue weighted by molar-refractivity contribution is 5.50. The maximum atomic E-state index is 10.9. The molecule has 2 heterocycles. The molecule has 1 aromatic heterocycles. The Balaban J connectivity index is 1.70. The third-order valence-electron chi connectivity index (χ3n) is 4.25. The van der Waals surface area contributed by atoms with Gasteiger partial charge in [0.05, 0.1) is 18.1 Å². The number of ether oxygens (including phenoxy) is 1. The molecule has 1 N–H and O–H groups in total. The summed E-state index contributed by atoms with van der Waals surface area (Å²) in [5.74, 6) is 0.438. The number of morpholine rings is 1. The Morgan fingerprint density at radius 1 is 1.23 bits per heavy atom. The molecule has 0 bridgehead atoms. The SMILES string of the molecule is N#Cc1nc(NCc2ccccc2CN2CCOCC2)ccc1[N+](=O)[O-]. The van der Waals surface area contributed by atoms with E-state index in [1.165, 1.54) is 17.7 Å². The molecule has 0 aliphatic carbocycles. The molecule has 8 nitrogen and oxygen atoms in total. The predicted molar refractivity (Wildman–Crippen MR) is 95.5 cm³/mol. The molecule has 1 aliphatic heterocycles. The number of nitrogens with zero attached hydrogens (tertiary/aromatic N) is 4. The number of aromatic nitrogens is 1. The van der Waals surface area contributed by atoms with Gasteiger partial charge in [-0.25, -0.2) is 4.98 Å². The fraction of sp³-hybridized carbons (Fsp3) is 0.333. The van der Waals surface area contributed by atoms with Gasteiger partial charge in [-0.2, -0.15) is 5.26 Å². The van der Waals surface area contributed by atoms with E-state index in [0.29, 0.717) is 12.4 Å². The Morgan fingerprint density at radius 2 is 1.96 bits per heavy atom. The van der Waals surface area contributed by atoms with Crippen molar-refractivity contribution in [3.63, 3.8) is 0 Å². The highest BCUT2D eigenvalue weighted by atomic mass is 16.6. The summed E-state index contributed by atoms with van der Waals surface area (Å²) in [6.07, 6.45) is 0. The summed E-state index contributed by atoms with van der Waals surface area (Å²) < 4.78 is 5.38. The molecule has 1 aromatic carbocycles. The van der Waals surface area contributed by atoms with Crippen molar-refractivity contribution in [1.82, 2.24) is 9.88 Å². The molecule has 1 aliphatic rings. The molecule has 0 unspecified atom stereocenters. The molecule has 3 rings (SSSR count). The van der Waals surface area contributed by atoms with Crippen LogP contribution in [0, 0.1) is 21.4 Å². The molecule has 1 saturated heterocycles. The number of nitriles is 1. The Bertz CT molecular complexity index is 828. The Hall–Kier alpha value is -3.02. The number of pyridine rings is 1. The van der Waals surface area contributed by atoms with E-state index in [1.54, 1.807) is 6.07 Å². The minimum Gasteiger partial charge on any atom is -0.379 e. The Kier molecular flexibility index (Phi) is 5.73. The number of anilines is 1. The standard InChI is InChI=1S/C18H19N5O3/c19-11-16-17(23(24)25)5-6-18(21-16)20-12-14-3-1-2-4-15(14)13-22-7-9-26-10-8-22/h1-6H,7-10,12-13H2,(H,20,21). The molecule has 0 saturated carbocycles. The third-order valence-corrected chi connectivity index (χ3v) is 4.25. The fourth-order valence-electron chi connectivity index (χ4n) is 2.85. The van der Waals surface area contributed by atoms with Crippen molar-refractivity contribution >= 4 is 11.5 Å². The zero-order chi connectivity index (χ0) is 18.4. The molecule has 2 aromatic rings. The third kappa shape index (κ3) is 4.33. The number of rotatable bonds is 6. The average molecular weight is 353 g/mol. The second kappa shape index (κ2) is 8.38. The van der Waals surface area contributed by atoms with Crippen molar-refractivity contribution in [3.8, 4) is 6.07 Å². The average Bonchev–Trinajstić information content (AvgIpc) is 2.67. The Labute approximate surface area is 151 Å². The van der Waals surface area contributed by atoms with E-state index < -0.39 is 4.92 Å². The summed E-state index contributed by atoms with van der Waals surface area (Å²) in [6.45, 7) is 4.71. The quantitative estimate of drug-likeness (QED) is 0.627. The minimum atomic E-state index is -0.604. The maximum absolute atomic E-state index is 10.9. The van der Waals surface area contributed by atoms with E-state index >= 15 is 0 Å². The first kappa shape index (κ1) is 17.8. The van der Waals surface area contributed by atoms with Crippen LogP contribution in [0.1, 0.15) is 16.8 Å². The summed E-state index contributed by atoms with van der Waals surface area (Å²) in [4.78, 5) is 16.7. The summed E-state index contributed by atoms with van der Waals surface area (Å²) >= 11 is 0. The second-order valence-electron chi connectivity index (χ2n) is 5.94. The van der Waals surface area contributed by atoms with Gasteiger partial charge in [0.15, 0.2) is 0 Å². The zero-order valence-corrected chi connectivity index (χ0v) is 14.2. The van der Waals surface area contributed by atoms with Gasteiger partial charge in [0.2, 0.25) is 5.69 Å². The fourth-order valence-corrected chi connectivity index (χ4v) is 2.85. The Morgan fingerprint density at radius 3 is 2.65 bits per heavy atom. The molecular formula is C18H19N5O3. The van der Waals surface area contributed by atoms with Gasteiger partial charge in [-0.15, -0.1) is 0 Å². The van der Waals surface area contributed by atoms with E-state index in [0.717, 1.165) is 38.4 Å². The monoisotopic (exact) mass is 353 g/mol. The number of hydrogen-bond donors (Lipinski definition) is 1. The van der Waals surface area contributed by atoms with Crippen LogP contribution in [0.3, 0.4) is 0 Å². The highest BCUT2D eigenvalue weighted by Crippen LogP contribution is 2.19. The number of hydrogen-bond acceptors (Lipinski definition) is 7. The van der Waals surface area contributed by atoms with Crippen LogP contribution in [0.25, 0.3) is 0 Å². The van der Waals surface area contributed by atoms with E-state index in [9.17, 15) is 10.1 Å². The first-order valence-electron chi connectivity index (χ1n) is 8.33. The molecule has 0 amide bonds. The molecule has 0 atom stereocenters. The van der Waals surface area contributed by atoms with Gasteiger partial charge in [-0.3, -0.25) is 15.0 Å². The van der Waals surface area contributed by atoms with Crippen LogP contribution in [0.2, 0.25) is 0 Å². The van der Waals surface area contributed by atoms with Crippen molar-refractivity contribution in [2.75, 3.05) is 31.6 Å². The van der Waals surface area contributed by atoms with Gasteiger partial charge in [0.1, 0.15) is 11.9 Å². The van der Waals surface area contributed by atoms with Crippen LogP contribution in [-0.4, -0.2) is 41.1 Å². The van der Waals surface area contributed by atoms with E-state index in [2.05, 4.69) is 21.3 Å². The highest BCUT2D eigenvalue weighted by Gasteiger charge is 2.16. The van der Waals surface area contributed by atoms with Crippen molar-refractivity contribution in [2.45, 2.75) is 13.1 Å². The van der Waals surface area contributed by atoms with Crippen LogP contribution in [-0.2, 0) is 17.8 Å². The largest absolute Gasteiger partial charge is 0.379 e. The second-order valence-corrected chi connectivity index (χ2v) is 5.94. The number of nitrogens with one attached hydrogen (secondary N) is 1. The van der Waals surface area contributed by atoms with Gasteiger partial charge >= 0.3 is 5.69 Å². The lowest BCUT2D eigenvalue weighted by Gasteiger charge is -2.27. The van der Waals surface area contributed by atoms with Gasteiger partial charge in [-0.05, 0) is 17.2 Å². The smallest absolute Gasteiger partial charge is 0.305 e. The molecule has 0 spiro atoms. The lowest BCUT2D eigenvalue weighted by atomic mass is 10.1. The minimum absolute atomic E-state index is 0.193. The van der Waals surface area contributed by atoms with Gasteiger partial charge in [0.25, 0.3) is 0 Å². The molecule has 8 heteroatoms. The summed E-state index contributed by atoms with van der Waals surface area (Å²) in [5, 5.41) is 23.1. The van der Waals surface area contributed by atoms with E-state index in [1.807, 2.05) is 18.2 Å². The van der Waals surface area contributed by atoms with Crippen LogP contribution in [0.5, 0.6) is 0 Å². The van der Waals surface area contributed by atoms with Crippen LogP contribution in [0.4, 0.5) is 11.5 Å². The first-order chi connectivity index (χ1) is 12.7.